The molecule has 0 amide bonds. The van der Waals surface area contributed by atoms with E-state index in [2.05, 4.69) is 9.36 Å². The van der Waals surface area contributed by atoms with E-state index < -0.39 is 10.0 Å². The van der Waals surface area contributed by atoms with E-state index in [0.717, 1.165) is 0 Å². The van der Waals surface area contributed by atoms with Crippen molar-refractivity contribution in [1.82, 2.24) is 9.36 Å². The highest BCUT2D eigenvalue weighted by atomic mass is 32.2. The van der Waals surface area contributed by atoms with E-state index in [1.165, 1.54) is 41.8 Å². The summed E-state index contributed by atoms with van der Waals surface area (Å²) in [4.78, 5) is 4.63. The first kappa shape index (κ1) is 12.3. The zero-order chi connectivity index (χ0) is 12.5. The summed E-state index contributed by atoms with van der Waals surface area (Å²) in [6.45, 7) is 0. The second-order valence-corrected chi connectivity index (χ2v) is 6.75. The third-order valence-electron chi connectivity index (χ3n) is 1.78. The lowest BCUT2D eigenvalue weighted by Crippen LogP contribution is -2.12. The topological polar surface area (TPSA) is 112 Å². The molecule has 2 rings (SSSR count). The molecule has 4 N–H and O–H groups in total. The van der Waals surface area contributed by atoms with Crippen molar-refractivity contribution in [3.8, 4) is 0 Å². The van der Waals surface area contributed by atoms with Crippen LogP contribution in [0.5, 0.6) is 0 Å². The Kier molecular flexibility index (Phi) is 3.33. The summed E-state index contributed by atoms with van der Waals surface area (Å²) >= 11 is 2.50. The van der Waals surface area contributed by atoms with Crippen molar-refractivity contribution in [3.05, 3.63) is 24.5 Å². The molecule has 0 atom stereocenters. The van der Waals surface area contributed by atoms with Crippen molar-refractivity contribution >= 4 is 39.0 Å². The van der Waals surface area contributed by atoms with Crippen LogP contribution in [0.1, 0.15) is 0 Å². The van der Waals surface area contributed by atoms with Gasteiger partial charge in [-0.15, -0.1) is 0 Å². The predicted octanol–water partition coefficient (Wildman–Crippen LogP) is 0.919. The summed E-state index contributed by atoms with van der Waals surface area (Å²) in [6, 6.07) is 4.43. The molecule has 1 heterocycles. The van der Waals surface area contributed by atoms with Crippen molar-refractivity contribution in [1.29, 1.82) is 0 Å². The molecule has 0 aliphatic heterocycles. The van der Waals surface area contributed by atoms with Crippen LogP contribution in [0, 0.1) is 0 Å². The van der Waals surface area contributed by atoms with E-state index in [9.17, 15) is 8.42 Å². The van der Waals surface area contributed by atoms with Gasteiger partial charge >= 0.3 is 0 Å². The Morgan fingerprint density at radius 2 is 2.06 bits per heavy atom. The number of anilines is 1. The van der Waals surface area contributed by atoms with Crippen LogP contribution in [-0.4, -0.2) is 17.8 Å². The quantitative estimate of drug-likeness (QED) is 0.812. The van der Waals surface area contributed by atoms with Gasteiger partial charge in [0, 0.05) is 10.6 Å². The Balaban J connectivity index is 2.39. The average molecular weight is 288 g/mol. The van der Waals surface area contributed by atoms with Crippen molar-refractivity contribution in [3.63, 3.8) is 0 Å². The first-order chi connectivity index (χ1) is 7.95. The fourth-order valence-electron chi connectivity index (χ4n) is 1.13. The van der Waals surface area contributed by atoms with Crippen LogP contribution in [0.15, 0.2) is 38.7 Å². The Bertz CT molecular complexity index is 624. The lowest BCUT2D eigenvalue weighted by molar-refractivity contribution is 0.597. The summed E-state index contributed by atoms with van der Waals surface area (Å²) in [5, 5.41) is 5.05. The molecular formula is C8H8N4O2S3. The van der Waals surface area contributed by atoms with Crippen LogP contribution in [-0.2, 0) is 10.0 Å². The predicted molar refractivity (Wildman–Crippen MR) is 66.3 cm³/mol. The number of aromatic nitrogens is 2. The molecule has 1 aromatic heterocycles. The van der Waals surface area contributed by atoms with Crippen molar-refractivity contribution in [2.45, 2.75) is 14.1 Å². The van der Waals surface area contributed by atoms with Gasteiger partial charge in [-0.3, -0.25) is 0 Å². The first-order valence-corrected chi connectivity index (χ1v) is 7.47. The highest BCUT2D eigenvalue weighted by Gasteiger charge is 2.11. The van der Waals surface area contributed by atoms with Crippen LogP contribution in [0.25, 0.3) is 0 Å². The molecule has 17 heavy (non-hydrogen) atoms. The SMILES string of the molecule is Nc1cc(Sc2ncns2)cc(S(N)(=O)=O)c1. The van der Waals surface area contributed by atoms with Crippen LogP contribution in [0.2, 0.25) is 0 Å². The van der Waals surface area contributed by atoms with Gasteiger partial charge in [-0.25, -0.2) is 18.5 Å². The van der Waals surface area contributed by atoms with Crippen LogP contribution in [0.4, 0.5) is 5.69 Å². The van der Waals surface area contributed by atoms with E-state index in [4.69, 9.17) is 10.9 Å². The Morgan fingerprint density at radius 3 is 2.65 bits per heavy atom. The van der Waals surface area contributed by atoms with Gasteiger partial charge in [0.2, 0.25) is 10.0 Å². The summed E-state index contributed by atoms with van der Waals surface area (Å²) < 4.78 is 27.0. The van der Waals surface area contributed by atoms with Gasteiger partial charge in [0.15, 0.2) is 4.34 Å². The minimum absolute atomic E-state index is 0.00971. The molecule has 0 saturated heterocycles. The van der Waals surface area contributed by atoms with E-state index in [-0.39, 0.29) is 4.90 Å². The summed E-state index contributed by atoms with van der Waals surface area (Å²) in [5.74, 6) is 0. The van der Waals surface area contributed by atoms with Crippen molar-refractivity contribution < 1.29 is 8.42 Å². The van der Waals surface area contributed by atoms with E-state index >= 15 is 0 Å². The standard InChI is InChI=1S/C8H8N4O2S3/c9-5-1-6(15-8-11-4-12-16-8)3-7(2-5)17(10,13)14/h1-4H,9H2,(H2,10,13,14). The van der Waals surface area contributed by atoms with Gasteiger partial charge in [0.1, 0.15) is 6.33 Å². The molecule has 0 aliphatic carbocycles. The van der Waals surface area contributed by atoms with Crippen LogP contribution in [0.3, 0.4) is 0 Å². The number of nitrogens with zero attached hydrogens (tertiary/aromatic N) is 2. The number of primary sulfonamides is 1. The molecule has 90 valence electrons. The maximum atomic E-state index is 11.2. The normalized spacial score (nSPS) is 11.6. The number of nitrogens with two attached hydrogens (primary N) is 2. The Labute approximate surface area is 106 Å². The van der Waals surface area contributed by atoms with Crippen molar-refractivity contribution in [2.24, 2.45) is 5.14 Å². The van der Waals surface area contributed by atoms with Gasteiger partial charge in [0.25, 0.3) is 0 Å². The van der Waals surface area contributed by atoms with E-state index in [1.54, 1.807) is 6.07 Å². The van der Waals surface area contributed by atoms with Gasteiger partial charge < -0.3 is 5.73 Å². The first-order valence-electron chi connectivity index (χ1n) is 4.33. The summed E-state index contributed by atoms with van der Waals surface area (Å²) in [5.41, 5.74) is 5.96. The third kappa shape index (κ3) is 3.16. The molecule has 2 aromatic rings. The number of nitrogen functional groups attached to an aromatic ring is 1. The fourth-order valence-corrected chi connectivity index (χ4v) is 3.32. The molecule has 0 saturated carbocycles. The number of rotatable bonds is 3. The Morgan fingerprint density at radius 1 is 1.29 bits per heavy atom. The van der Waals surface area contributed by atoms with Gasteiger partial charge in [-0.2, -0.15) is 4.37 Å². The molecule has 0 radical (unpaired) electrons. The lowest BCUT2D eigenvalue weighted by Gasteiger charge is -2.03. The zero-order valence-corrected chi connectivity index (χ0v) is 10.8. The van der Waals surface area contributed by atoms with E-state index in [1.807, 2.05) is 0 Å². The smallest absolute Gasteiger partial charge is 0.238 e. The maximum Gasteiger partial charge on any atom is 0.238 e. The summed E-state index contributed by atoms with van der Waals surface area (Å²) in [7, 11) is -3.75. The van der Waals surface area contributed by atoms with Gasteiger partial charge in [0.05, 0.1) is 4.90 Å². The molecule has 0 fully saturated rings. The third-order valence-corrected chi connectivity index (χ3v) is 4.36. The molecule has 0 unspecified atom stereocenters. The van der Waals surface area contributed by atoms with E-state index in [0.29, 0.717) is 14.9 Å². The second-order valence-electron chi connectivity index (χ2n) is 3.09. The van der Waals surface area contributed by atoms with Gasteiger partial charge in [-0.05, 0) is 29.7 Å². The highest BCUT2D eigenvalue weighted by Crippen LogP contribution is 2.31. The fraction of sp³-hybridized carbons (Fsp3) is 0. The summed E-state index contributed by atoms with van der Waals surface area (Å²) in [6.07, 6.45) is 1.43. The molecule has 0 aliphatic rings. The molecule has 1 aromatic carbocycles. The zero-order valence-electron chi connectivity index (χ0n) is 8.40. The number of hydrogen-bond donors (Lipinski definition) is 2. The van der Waals surface area contributed by atoms with Crippen molar-refractivity contribution in [2.75, 3.05) is 5.73 Å². The minimum Gasteiger partial charge on any atom is -0.399 e. The number of sulfonamides is 1. The number of benzene rings is 1. The molecule has 6 nitrogen and oxygen atoms in total. The van der Waals surface area contributed by atoms with Gasteiger partial charge in [-0.1, -0.05) is 11.8 Å². The minimum atomic E-state index is -3.75. The monoisotopic (exact) mass is 288 g/mol. The molecule has 0 bridgehead atoms. The Hall–Kier alpha value is -1.16. The molecule has 0 spiro atoms. The second kappa shape index (κ2) is 4.61. The lowest BCUT2D eigenvalue weighted by atomic mass is 10.3. The molecule has 9 heteroatoms. The maximum absolute atomic E-state index is 11.2. The van der Waals surface area contributed by atoms with Crippen LogP contribution >= 0.6 is 23.3 Å². The average Bonchev–Trinajstić information content (AvgIpc) is 2.68. The molecular weight excluding hydrogens is 280 g/mol. The number of hydrogen-bond acceptors (Lipinski definition) is 7. The highest BCUT2D eigenvalue weighted by molar-refractivity contribution is 8.01. The van der Waals surface area contributed by atoms with Crippen LogP contribution < -0.4 is 10.9 Å². The largest absolute Gasteiger partial charge is 0.399 e.